The fraction of sp³-hybridized carbons (Fsp3) is 0.0448. The molecular formula is C67H34B3F8N3O3S4. The van der Waals surface area contributed by atoms with Crippen molar-refractivity contribution >= 4 is 185 Å². The first-order chi connectivity index (χ1) is 42.7. The van der Waals surface area contributed by atoms with Crippen LogP contribution in [0, 0.1) is 53.5 Å². The standard InChI is InChI=1S/C67H34B3F8N3O3S4/c1-29-17-53-60-54(18-29)83-52-28-47-37(70-59-50(80(47)63-42(75)9-5-10-43(63)76)23-33(86-3)24-55(59)84-65-35-20-31(72)14-16-57(35)88-67(65)70)26-39(52)68(60)38-25-36-46(27-51(38)82-53)79(62-40(73)7-4-8-41(62)74)48-21-32(85-2)22-49-58(48)69(36)66-61(34-19-30(71)13-15-56(34)87-66)81(49)64-44(77)11-6-12-45(64)78/h4-28H,1-3H3. The third-order valence-corrected chi connectivity index (χ3v) is 21.6. The largest absolute Gasteiger partial charge is 0.458 e. The Kier molecular flexibility index (Phi) is 11.1. The topological polar surface area (TPSA) is 37.4 Å². The van der Waals surface area contributed by atoms with Crippen molar-refractivity contribution in [2.45, 2.75) is 16.7 Å². The molecule has 6 aliphatic rings. The first kappa shape index (κ1) is 52.4. The van der Waals surface area contributed by atoms with Gasteiger partial charge in [-0.1, -0.05) is 30.3 Å². The van der Waals surface area contributed by atoms with Crippen molar-refractivity contribution in [3.63, 3.8) is 0 Å². The van der Waals surface area contributed by atoms with E-state index in [2.05, 4.69) is 0 Å². The van der Waals surface area contributed by atoms with Gasteiger partial charge in [-0.3, -0.25) is 0 Å². The van der Waals surface area contributed by atoms with Crippen LogP contribution in [0.3, 0.4) is 0 Å². The summed E-state index contributed by atoms with van der Waals surface area (Å²) in [6, 6.07) is 38.7. The molecular weight excluding hydrogens is 1210 g/mol. The number of anilines is 9. The van der Waals surface area contributed by atoms with Crippen LogP contribution in [0.25, 0.3) is 20.2 Å². The molecule has 18 rings (SSSR count). The first-order valence-corrected chi connectivity index (χ1v) is 32.0. The second kappa shape index (κ2) is 18.6. The van der Waals surface area contributed by atoms with Crippen LogP contribution in [-0.4, -0.2) is 32.6 Å². The Morgan fingerprint density at radius 2 is 0.818 bits per heavy atom. The molecule has 8 heterocycles. The van der Waals surface area contributed by atoms with Crippen LogP contribution in [0.4, 0.5) is 86.3 Å². The van der Waals surface area contributed by atoms with E-state index in [0.29, 0.717) is 132 Å². The number of halogens is 8. The summed E-state index contributed by atoms with van der Waals surface area (Å²) in [5.41, 5.74) is 6.03. The van der Waals surface area contributed by atoms with Crippen LogP contribution in [-0.2, 0) is 0 Å². The molecule has 0 fully saturated rings. The first-order valence-electron chi connectivity index (χ1n) is 27.9. The zero-order chi connectivity index (χ0) is 59.6. The molecule has 12 aromatic rings. The second-order valence-corrected chi connectivity index (χ2v) is 26.4. The highest BCUT2D eigenvalue weighted by Crippen LogP contribution is 2.53. The van der Waals surface area contributed by atoms with Crippen molar-refractivity contribution < 1.29 is 49.3 Å². The molecule has 0 unspecified atom stereocenters. The molecule has 0 saturated heterocycles. The minimum absolute atomic E-state index is 0.305. The normalized spacial score (nSPS) is 14.1. The average Bonchev–Trinajstić information content (AvgIpc) is 1.12. The summed E-state index contributed by atoms with van der Waals surface area (Å²) in [4.78, 5) is 5.93. The van der Waals surface area contributed by atoms with Gasteiger partial charge in [0.1, 0.15) is 98.1 Å². The van der Waals surface area contributed by atoms with Gasteiger partial charge in [-0.15, -0.1) is 46.2 Å². The van der Waals surface area contributed by atoms with E-state index >= 15 is 35.1 Å². The Morgan fingerprint density at radius 1 is 0.375 bits per heavy atom. The van der Waals surface area contributed by atoms with Gasteiger partial charge in [-0.05, 0) is 167 Å². The van der Waals surface area contributed by atoms with Crippen LogP contribution in [0.2, 0.25) is 0 Å². The van der Waals surface area contributed by atoms with Crippen LogP contribution < -0.4 is 76.7 Å². The number of para-hydroxylation sites is 3. The van der Waals surface area contributed by atoms with Crippen molar-refractivity contribution in [2.75, 3.05) is 27.2 Å². The molecule has 0 spiro atoms. The number of hydrogen-bond acceptors (Lipinski definition) is 10. The Hall–Kier alpha value is -8.75. The van der Waals surface area contributed by atoms with Gasteiger partial charge in [-0.2, -0.15) is 0 Å². The lowest BCUT2D eigenvalue weighted by atomic mass is 9.31. The van der Waals surface area contributed by atoms with E-state index in [9.17, 15) is 0 Å². The fourth-order valence-corrected chi connectivity index (χ4v) is 17.7. The smallest absolute Gasteiger partial charge is 0.268 e. The summed E-state index contributed by atoms with van der Waals surface area (Å²) in [5.74, 6) is -3.71. The summed E-state index contributed by atoms with van der Waals surface area (Å²) in [5, 5.41) is 0.963. The van der Waals surface area contributed by atoms with Gasteiger partial charge in [0.15, 0.2) is 0 Å². The predicted octanol–water partition coefficient (Wildman–Crippen LogP) is 14.2. The highest BCUT2D eigenvalue weighted by Gasteiger charge is 2.52. The quantitative estimate of drug-likeness (QED) is 0.0959. The number of benzene rings is 10. The minimum Gasteiger partial charge on any atom is -0.458 e. The summed E-state index contributed by atoms with van der Waals surface area (Å²) >= 11 is 5.52. The number of ether oxygens (including phenoxy) is 3. The van der Waals surface area contributed by atoms with Gasteiger partial charge in [0.05, 0.1) is 5.69 Å². The van der Waals surface area contributed by atoms with Crippen molar-refractivity contribution in [1.29, 1.82) is 0 Å². The van der Waals surface area contributed by atoms with Gasteiger partial charge < -0.3 is 28.9 Å². The molecule has 2 aromatic heterocycles. The number of aryl methyl sites for hydroxylation is 1. The van der Waals surface area contributed by atoms with Gasteiger partial charge in [0, 0.05) is 85.5 Å². The molecule has 0 bridgehead atoms. The molecule has 0 amide bonds. The predicted molar refractivity (Wildman–Crippen MR) is 343 cm³/mol. The number of fused-ring (bicyclic) bond motifs is 16. The lowest BCUT2D eigenvalue weighted by molar-refractivity contribution is 0.464. The molecule has 21 heteroatoms. The molecule has 0 atom stereocenters. The van der Waals surface area contributed by atoms with E-state index in [-0.39, 0.29) is 5.69 Å². The van der Waals surface area contributed by atoms with E-state index in [4.69, 9.17) is 14.2 Å². The second-order valence-electron chi connectivity index (χ2n) is 22.4. The van der Waals surface area contributed by atoms with E-state index in [1.807, 2.05) is 68.0 Å². The minimum atomic E-state index is -0.891. The number of thiophene rings is 2. The molecule has 88 heavy (non-hydrogen) atoms. The molecule has 0 N–H and O–H groups in total. The molecule has 424 valence electrons. The maximum absolute atomic E-state index is 17.0. The van der Waals surface area contributed by atoms with E-state index in [0.717, 1.165) is 32.1 Å². The number of hydrogen-bond donors (Lipinski definition) is 0. The van der Waals surface area contributed by atoms with Gasteiger partial charge in [-0.25, -0.2) is 35.1 Å². The Morgan fingerprint density at radius 3 is 1.35 bits per heavy atom. The molecule has 0 aliphatic carbocycles. The van der Waals surface area contributed by atoms with E-state index in [1.54, 1.807) is 29.2 Å². The molecule has 0 saturated carbocycles. The lowest BCUT2D eigenvalue weighted by Gasteiger charge is -2.44. The summed E-state index contributed by atoms with van der Waals surface area (Å²) in [7, 11) is 0. The summed E-state index contributed by atoms with van der Waals surface area (Å²) in [6.45, 7) is -0.286. The van der Waals surface area contributed by atoms with Crippen molar-refractivity contribution in [3.05, 3.63) is 204 Å². The molecule has 10 aromatic carbocycles. The van der Waals surface area contributed by atoms with Crippen LogP contribution >= 0.6 is 46.2 Å². The maximum atomic E-state index is 17.0. The highest BCUT2D eigenvalue weighted by molar-refractivity contribution is 7.98. The van der Waals surface area contributed by atoms with Crippen LogP contribution in [0.5, 0.6) is 34.5 Å². The van der Waals surface area contributed by atoms with Crippen LogP contribution in [0.15, 0.2) is 161 Å². The van der Waals surface area contributed by atoms with E-state index < -0.39 is 78.1 Å². The number of nitrogens with zero attached hydrogens (tertiary/aromatic N) is 3. The zero-order valence-electron chi connectivity index (χ0n) is 45.9. The lowest BCUT2D eigenvalue weighted by Crippen LogP contribution is -2.64. The number of thioether (sulfide) groups is 2. The Labute approximate surface area is 513 Å². The van der Waals surface area contributed by atoms with Crippen molar-refractivity contribution in [3.8, 4) is 34.5 Å². The summed E-state index contributed by atoms with van der Waals surface area (Å²) < 4.78 is 156. The highest BCUT2D eigenvalue weighted by atomic mass is 32.2. The maximum Gasteiger partial charge on any atom is 0.268 e. The van der Waals surface area contributed by atoms with Gasteiger partial charge >= 0.3 is 0 Å². The average molecular weight is 1240 g/mol. The SMILES string of the molecule is CSc1cc2c3c(c1)N(c1c(F)cccc1F)c1cc4c(cc1B3c1sc3ccc(F)cc3c1O2)B1c2cc3c(cc2Oc2cc(C)cc(c21)O4)N(c1c(F)cccc1F)c1cc(SC)cc2c1B3c1sc3ccc(F)cc3c1N2c1c(F)cccc1F. The molecule has 0 radical (unpaired) electrons. The van der Waals surface area contributed by atoms with Gasteiger partial charge in [0.25, 0.3) is 20.1 Å². The summed E-state index contributed by atoms with van der Waals surface area (Å²) in [6.07, 6.45) is 3.73. The fourth-order valence-electron chi connectivity index (χ4n) is 14.3. The molecule has 6 nitrogen and oxygen atoms in total. The molecule has 6 aliphatic heterocycles. The van der Waals surface area contributed by atoms with Crippen LogP contribution in [0.1, 0.15) is 5.56 Å². The van der Waals surface area contributed by atoms with Crippen molar-refractivity contribution in [1.82, 2.24) is 0 Å². The zero-order valence-corrected chi connectivity index (χ0v) is 49.2. The number of rotatable bonds is 5. The van der Waals surface area contributed by atoms with Crippen molar-refractivity contribution in [2.24, 2.45) is 0 Å². The Balaban J connectivity index is 0.941. The monoisotopic (exact) mass is 1240 g/mol. The third kappa shape index (κ3) is 7.12. The van der Waals surface area contributed by atoms with Gasteiger partial charge in [0.2, 0.25) is 0 Å². The van der Waals surface area contributed by atoms with E-state index in [1.165, 1.54) is 123 Å². The third-order valence-electron chi connectivity index (χ3n) is 17.7. The Bertz CT molecular complexity index is 5140.